The van der Waals surface area contributed by atoms with Crippen molar-refractivity contribution in [2.45, 2.75) is 37.8 Å². The zero-order valence-corrected chi connectivity index (χ0v) is 18.6. The molecule has 2 atom stereocenters. The largest absolute Gasteiger partial charge is 0.480 e. The summed E-state index contributed by atoms with van der Waals surface area (Å²) < 4.78 is 5.56. The average molecular weight is 455 g/mol. The number of rotatable bonds is 7. The van der Waals surface area contributed by atoms with Crippen LogP contribution in [0.2, 0.25) is 0 Å². The van der Waals surface area contributed by atoms with Gasteiger partial charge in [-0.2, -0.15) is 0 Å². The lowest BCUT2D eigenvalue weighted by Gasteiger charge is -2.26. The summed E-state index contributed by atoms with van der Waals surface area (Å²) in [4.78, 5) is 38.4. The van der Waals surface area contributed by atoms with Crippen LogP contribution in [0.5, 0.6) is 0 Å². The Bertz CT molecular complexity index is 981. The lowest BCUT2D eigenvalue weighted by Crippen LogP contribution is -2.52. The molecule has 2 aromatic rings. The molecule has 0 aromatic heterocycles. The first-order chi connectivity index (χ1) is 15.5. The zero-order valence-electron chi connectivity index (χ0n) is 17.8. The van der Waals surface area contributed by atoms with Gasteiger partial charge in [-0.1, -0.05) is 61.9 Å². The molecule has 1 fully saturated rings. The number of carboxylic acid groups (broad SMARTS) is 1. The highest BCUT2D eigenvalue weighted by molar-refractivity contribution is 7.99. The van der Waals surface area contributed by atoms with E-state index in [-0.39, 0.29) is 18.4 Å². The smallest absolute Gasteiger partial charge is 0.407 e. The van der Waals surface area contributed by atoms with Crippen molar-refractivity contribution in [1.82, 2.24) is 10.2 Å². The first kappa shape index (κ1) is 22.2. The summed E-state index contributed by atoms with van der Waals surface area (Å²) in [5, 5.41) is 12.0. The molecule has 1 unspecified atom stereocenters. The van der Waals surface area contributed by atoms with Crippen LogP contribution in [0.15, 0.2) is 48.5 Å². The average Bonchev–Trinajstić information content (AvgIpc) is 3.40. The Balaban J connectivity index is 1.42. The Hall–Kier alpha value is -3.00. The van der Waals surface area contributed by atoms with Crippen LogP contribution in [0, 0.1) is 0 Å². The first-order valence-corrected chi connectivity index (χ1v) is 11.9. The minimum atomic E-state index is -1.03. The van der Waals surface area contributed by atoms with Gasteiger partial charge in [0, 0.05) is 11.7 Å². The molecule has 8 heteroatoms. The number of alkyl carbamates (subject to hydrolysis) is 1. The maximum Gasteiger partial charge on any atom is 0.407 e. The van der Waals surface area contributed by atoms with E-state index in [1.54, 1.807) is 0 Å². The zero-order chi connectivity index (χ0) is 22.7. The van der Waals surface area contributed by atoms with Crippen LogP contribution in [-0.2, 0) is 14.3 Å². The second-order valence-corrected chi connectivity index (χ2v) is 8.97. The fourth-order valence-electron chi connectivity index (χ4n) is 4.39. The van der Waals surface area contributed by atoms with Gasteiger partial charge in [0.05, 0.1) is 5.88 Å². The van der Waals surface area contributed by atoms with Crippen molar-refractivity contribution in [3.63, 3.8) is 0 Å². The third kappa shape index (κ3) is 4.32. The van der Waals surface area contributed by atoms with Gasteiger partial charge in [-0.3, -0.25) is 4.79 Å². The molecule has 0 bridgehead atoms. The highest BCUT2D eigenvalue weighted by Gasteiger charge is 2.38. The summed E-state index contributed by atoms with van der Waals surface area (Å²) >= 11 is 1.40. The van der Waals surface area contributed by atoms with Gasteiger partial charge in [0.2, 0.25) is 5.91 Å². The van der Waals surface area contributed by atoms with Gasteiger partial charge in [0.1, 0.15) is 18.7 Å². The van der Waals surface area contributed by atoms with Gasteiger partial charge < -0.3 is 20.1 Å². The molecule has 4 rings (SSSR count). The van der Waals surface area contributed by atoms with E-state index in [1.165, 1.54) is 16.7 Å². The third-order valence-corrected chi connectivity index (χ3v) is 6.97. The van der Waals surface area contributed by atoms with Gasteiger partial charge in [0.15, 0.2) is 0 Å². The Morgan fingerprint density at radius 2 is 1.75 bits per heavy atom. The Morgan fingerprint density at radius 1 is 1.12 bits per heavy atom. The van der Waals surface area contributed by atoms with E-state index in [9.17, 15) is 19.5 Å². The standard InChI is InChI=1S/C24H26N2O5S/c1-2-7-20(22(27)26-14-32-13-21(26)23(28)29)25-24(30)31-12-19-17-10-5-3-8-15(17)16-9-4-6-11-18(16)19/h3-6,8-11,19-21H,2,7,12-14H2,1H3,(H,25,30)(H,28,29)/t20-,21?/m0/s1. The highest BCUT2D eigenvalue weighted by atomic mass is 32.2. The summed E-state index contributed by atoms with van der Waals surface area (Å²) in [6.07, 6.45) is 0.410. The third-order valence-electron chi connectivity index (χ3n) is 5.96. The van der Waals surface area contributed by atoms with Crippen LogP contribution < -0.4 is 5.32 Å². The monoisotopic (exact) mass is 454 g/mol. The number of carboxylic acids is 1. The number of aliphatic carboxylic acids is 1. The molecule has 32 heavy (non-hydrogen) atoms. The normalized spacial score (nSPS) is 18.0. The number of amides is 2. The van der Waals surface area contributed by atoms with Gasteiger partial charge >= 0.3 is 12.1 Å². The van der Waals surface area contributed by atoms with E-state index < -0.39 is 24.1 Å². The molecule has 7 nitrogen and oxygen atoms in total. The second kappa shape index (κ2) is 9.65. The lowest BCUT2D eigenvalue weighted by molar-refractivity contribution is -0.148. The molecule has 2 aliphatic rings. The van der Waals surface area contributed by atoms with Crippen molar-refractivity contribution in [3.8, 4) is 11.1 Å². The van der Waals surface area contributed by atoms with Crippen molar-refractivity contribution >= 4 is 29.7 Å². The number of fused-ring (bicyclic) bond motifs is 3. The van der Waals surface area contributed by atoms with Crippen molar-refractivity contribution in [2.75, 3.05) is 18.2 Å². The predicted molar refractivity (Wildman–Crippen MR) is 122 cm³/mol. The Morgan fingerprint density at radius 3 is 2.34 bits per heavy atom. The SMILES string of the molecule is CCC[C@H](NC(=O)OCC1c2ccccc2-c2ccccc21)C(=O)N1CSCC1C(=O)O. The molecule has 2 aromatic carbocycles. The van der Waals surface area contributed by atoms with Gasteiger partial charge in [0.25, 0.3) is 0 Å². The molecule has 168 valence electrons. The van der Waals surface area contributed by atoms with E-state index in [1.807, 2.05) is 43.3 Å². The molecule has 2 N–H and O–H groups in total. The fourth-order valence-corrected chi connectivity index (χ4v) is 5.55. The molecule has 1 aliphatic heterocycles. The summed E-state index contributed by atoms with van der Waals surface area (Å²) in [5.41, 5.74) is 4.51. The van der Waals surface area contributed by atoms with E-state index >= 15 is 0 Å². The van der Waals surface area contributed by atoms with E-state index in [0.717, 1.165) is 22.3 Å². The lowest BCUT2D eigenvalue weighted by atomic mass is 9.98. The molecule has 2 amide bonds. The molecule has 1 heterocycles. The summed E-state index contributed by atoms with van der Waals surface area (Å²) in [7, 11) is 0. The van der Waals surface area contributed by atoms with Crippen LogP contribution in [0.25, 0.3) is 11.1 Å². The summed E-state index contributed by atoms with van der Waals surface area (Å²) in [6.45, 7) is 2.07. The molecular weight excluding hydrogens is 428 g/mol. The van der Waals surface area contributed by atoms with Crippen molar-refractivity contribution in [3.05, 3.63) is 59.7 Å². The number of thioether (sulfide) groups is 1. The number of hydrogen-bond acceptors (Lipinski definition) is 5. The maximum atomic E-state index is 13.0. The molecular formula is C24H26N2O5S. The second-order valence-electron chi connectivity index (χ2n) is 7.97. The van der Waals surface area contributed by atoms with Crippen LogP contribution in [0.4, 0.5) is 4.79 Å². The molecule has 0 saturated carbocycles. The van der Waals surface area contributed by atoms with Gasteiger partial charge in [-0.25, -0.2) is 9.59 Å². The van der Waals surface area contributed by atoms with E-state index in [0.29, 0.717) is 24.5 Å². The number of nitrogens with one attached hydrogen (secondary N) is 1. The minimum Gasteiger partial charge on any atom is -0.480 e. The van der Waals surface area contributed by atoms with Crippen LogP contribution >= 0.6 is 11.8 Å². The van der Waals surface area contributed by atoms with Gasteiger partial charge in [-0.05, 0) is 28.7 Å². The Kier molecular flexibility index (Phi) is 6.69. The topological polar surface area (TPSA) is 95.9 Å². The van der Waals surface area contributed by atoms with E-state index in [4.69, 9.17) is 4.74 Å². The number of carbonyl (C=O) groups excluding carboxylic acids is 2. The van der Waals surface area contributed by atoms with Crippen molar-refractivity contribution in [1.29, 1.82) is 0 Å². The summed E-state index contributed by atoms with van der Waals surface area (Å²) in [5.74, 6) is -0.815. The van der Waals surface area contributed by atoms with Crippen LogP contribution in [0.3, 0.4) is 0 Å². The maximum absolute atomic E-state index is 13.0. The molecule has 1 saturated heterocycles. The minimum absolute atomic E-state index is 0.0696. The van der Waals surface area contributed by atoms with Crippen molar-refractivity contribution < 1.29 is 24.2 Å². The number of hydrogen-bond donors (Lipinski definition) is 2. The van der Waals surface area contributed by atoms with Gasteiger partial charge in [-0.15, -0.1) is 11.8 Å². The molecule has 0 radical (unpaired) electrons. The predicted octanol–water partition coefficient (Wildman–Crippen LogP) is 3.68. The summed E-state index contributed by atoms with van der Waals surface area (Å²) in [6, 6.07) is 14.5. The quantitative estimate of drug-likeness (QED) is 0.663. The number of nitrogens with zero attached hydrogens (tertiary/aromatic N) is 1. The Labute approximate surface area is 191 Å². The molecule has 1 aliphatic carbocycles. The number of benzene rings is 2. The highest BCUT2D eigenvalue weighted by Crippen LogP contribution is 2.44. The molecule has 0 spiro atoms. The first-order valence-electron chi connectivity index (χ1n) is 10.7. The van der Waals surface area contributed by atoms with Crippen LogP contribution in [-0.4, -0.2) is 58.3 Å². The van der Waals surface area contributed by atoms with Crippen molar-refractivity contribution in [2.24, 2.45) is 0 Å². The number of carbonyl (C=O) groups is 3. The van der Waals surface area contributed by atoms with Crippen LogP contribution in [0.1, 0.15) is 36.8 Å². The fraction of sp³-hybridized carbons (Fsp3) is 0.375. The van der Waals surface area contributed by atoms with E-state index in [2.05, 4.69) is 17.4 Å². The number of ether oxygens (including phenoxy) is 1.